The van der Waals surface area contributed by atoms with Crippen LogP contribution in [0.25, 0.3) is 11.0 Å². The van der Waals surface area contributed by atoms with Gasteiger partial charge < -0.3 is 19.2 Å². The highest BCUT2D eigenvalue weighted by molar-refractivity contribution is 5.85. The van der Waals surface area contributed by atoms with Crippen molar-refractivity contribution in [3.63, 3.8) is 0 Å². The Labute approximate surface area is 176 Å². The number of hydrogen-bond donors (Lipinski definition) is 1. The third-order valence-electron chi connectivity index (χ3n) is 6.97. The van der Waals surface area contributed by atoms with Crippen LogP contribution in [-0.2, 0) is 11.2 Å². The van der Waals surface area contributed by atoms with Crippen molar-refractivity contribution in [3.8, 4) is 5.75 Å². The van der Waals surface area contributed by atoms with Gasteiger partial charge in [-0.3, -0.25) is 4.79 Å². The number of carbonyl (C=O) groups excluding carboxylic acids is 1. The molecule has 0 unspecified atom stereocenters. The molecule has 0 radical (unpaired) electrons. The first kappa shape index (κ1) is 20.9. The number of ether oxygens (including phenoxy) is 1. The molecule has 1 N–H and O–H groups in total. The first-order valence-electron chi connectivity index (χ1n) is 11.1. The van der Waals surface area contributed by atoms with E-state index < -0.39 is 11.7 Å². The highest BCUT2D eigenvalue weighted by Crippen LogP contribution is 2.40. The molecule has 1 aliphatic heterocycles. The number of carbonyl (C=O) groups is 1. The van der Waals surface area contributed by atoms with Crippen LogP contribution in [0.2, 0.25) is 0 Å². The Morgan fingerprint density at radius 3 is 2.93 bits per heavy atom. The van der Waals surface area contributed by atoms with Gasteiger partial charge in [0, 0.05) is 36.0 Å². The molecule has 30 heavy (non-hydrogen) atoms. The van der Waals surface area contributed by atoms with Crippen LogP contribution >= 0.6 is 0 Å². The van der Waals surface area contributed by atoms with Gasteiger partial charge in [-0.05, 0) is 57.2 Å². The van der Waals surface area contributed by atoms with Gasteiger partial charge in [-0.15, -0.1) is 0 Å². The lowest BCUT2D eigenvalue weighted by atomic mass is 9.71. The van der Waals surface area contributed by atoms with Crippen molar-refractivity contribution in [3.05, 3.63) is 39.7 Å². The quantitative estimate of drug-likeness (QED) is 0.775. The van der Waals surface area contributed by atoms with Gasteiger partial charge in [0.2, 0.25) is 0 Å². The summed E-state index contributed by atoms with van der Waals surface area (Å²) in [7, 11) is 0. The van der Waals surface area contributed by atoms with E-state index in [1.165, 1.54) is 6.07 Å². The normalized spacial score (nSPS) is 25.1. The highest BCUT2D eigenvalue weighted by Gasteiger charge is 2.44. The summed E-state index contributed by atoms with van der Waals surface area (Å²) in [5.41, 5.74) is 1.19. The number of aryl methyl sites for hydroxylation is 2. The fraction of sp³-hybridized carbons (Fsp3) is 0.583. The van der Waals surface area contributed by atoms with Crippen molar-refractivity contribution >= 4 is 16.9 Å². The second-order valence-corrected chi connectivity index (χ2v) is 8.85. The fourth-order valence-corrected chi connectivity index (χ4v) is 5.10. The third kappa shape index (κ3) is 3.73. The SMILES string of the molecule is CCc1cc(=O)oc2c(C)c(O[C@H](C)C(=O)N3CC[C@@]4(O)CCCC[C@H]4C3)ccc12. The van der Waals surface area contributed by atoms with E-state index in [1.54, 1.807) is 6.92 Å². The summed E-state index contributed by atoms with van der Waals surface area (Å²) in [4.78, 5) is 26.8. The van der Waals surface area contributed by atoms with E-state index in [0.29, 0.717) is 30.8 Å². The van der Waals surface area contributed by atoms with Crippen molar-refractivity contribution < 1.29 is 19.1 Å². The van der Waals surface area contributed by atoms with Gasteiger partial charge in [-0.2, -0.15) is 0 Å². The number of benzene rings is 1. The number of aliphatic hydroxyl groups is 1. The summed E-state index contributed by atoms with van der Waals surface area (Å²) in [6.07, 6.45) is 4.71. The summed E-state index contributed by atoms with van der Waals surface area (Å²) in [5.74, 6) is 0.636. The molecular weight excluding hydrogens is 382 g/mol. The zero-order valence-corrected chi connectivity index (χ0v) is 18.1. The molecule has 162 valence electrons. The van der Waals surface area contributed by atoms with E-state index in [4.69, 9.17) is 9.15 Å². The maximum atomic E-state index is 13.1. The molecule has 2 heterocycles. The lowest BCUT2D eigenvalue weighted by molar-refractivity contribution is -0.149. The highest BCUT2D eigenvalue weighted by atomic mass is 16.5. The maximum Gasteiger partial charge on any atom is 0.336 e. The molecule has 2 aromatic rings. The third-order valence-corrected chi connectivity index (χ3v) is 6.97. The minimum absolute atomic E-state index is 0.0640. The summed E-state index contributed by atoms with van der Waals surface area (Å²) >= 11 is 0. The predicted molar refractivity (Wildman–Crippen MR) is 115 cm³/mol. The molecule has 0 bridgehead atoms. The van der Waals surface area contributed by atoms with Crippen LogP contribution in [0.4, 0.5) is 0 Å². The molecule has 1 aromatic carbocycles. The van der Waals surface area contributed by atoms with Crippen LogP contribution in [0.3, 0.4) is 0 Å². The standard InChI is InChI=1S/C24H31NO5/c1-4-17-13-21(26)30-22-15(2)20(9-8-19(17)22)29-16(3)23(27)25-12-11-24(28)10-6-5-7-18(24)14-25/h8-9,13,16,18,28H,4-7,10-12,14H2,1-3H3/t16-,18+,24+/m1/s1. The Hall–Kier alpha value is -2.34. The zero-order valence-electron chi connectivity index (χ0n) is 18.1. The number of likely N-dealkylation sites (tertiary alicyclic amines) is 1. The molecule has 3 atom stereocenters. The van der Waals surface area contributed by atoms with Crippen LogP contribution in [-0.4, -0.2) is 40.7 Å². The Morgan fingerprint density at radius 2 is 2.17 bits per heavy atom. The van der Waals surface area contributed by atoms with E-state index in [1.807, 2.05) is 30.9 Å². The van der Waals surface area contributed by atoms with Gasteiger partial charge in [0.25, 0.3) is 5.91 Å². The topological polar surface area (TPSA) is 80.0 Å². The largest absolute Gasteiger partial charge is 0.480 e. The van der Waals surface area contributed by atoms with Crippen LogP contribution in [0.1, 0.15) is 57.1 Å². The number of nitrogens with zero attached hydrogens (tertiary/aromatic N) is 1. The maximum absolute atomic E-state index is 13.1. The molecule has 2 aliphatic rings. The Balaban J connectivity index is 1.51. The number of hydrogen-bond acceptors (Lipinski definition) is 5. The van der Waals surface area contributed by atoms with E-state index >= 15 is 0 Å². The molecule has 0 spiro atoms. The fourth-order valence-electron chi connectivity index (χ4n) is 5.10. The molecule has 6 nitrogen and oxygen atoms in total. The average molecular weight is 414 g/mol. The van der Waals surface area contributed by atoms with Crippen LogP contribution in [0.5, 0.6) is 5.75 Å². The van der Waals surface area contributed by atoms with E-state index in [2.05, 4.69) is 0 Å². The van der Waals surface area contributed by atoms with Gasteiger partial charge in [-0.1, -0.05) is 19.8 Å². The lowest BCUT2D eigenvalue weighted by Gasteiger charge is -2.47. The number of piperidine rings is 1. The van der Waals surface area contributed by atoms with Crippen molar-refractivity contribution in [2.75, 3.05) is 13.1 Å². The summed E-state index contributed by atoms with van der Waals surface area (Å²) in [6.45, 7) is 6.76. The molecule has 6 heteroatoms. The van der Waals surface area contributed by atoms with Crippen molar-refractivity contribution in [2.45, 2.75) is 71.0 Å². The van der Waals surface area contributed by atoms with Gasteiger partial charge >= 0.3 is 5.63 Å². The van der Waals surface area contributed by atoms with Gasteiger partial charge in [0.05, 0.1) is 5.60 Å². The van der Waals surface area contributed by atoms with Crippen molar-refractivity contribution in [1.29, 1.82) is 0 Å². The molecular formula is C24H31NO5. The molecule has 1 aliphatic carbocycles. The van der Waals surface area contributed by atoms with Crippen LogP contribution < -0.4 is 10.4 Å². The van der Waals surface area contributed by atoms with Crippen LogP contribution in [0, 0.1) is 12.8 Å². The molecule has 1 amide bonds. The molecule has 2 fully saturated rings. The van der Waals surface area contributed by atoms with Gasteiger partial charge in [0.1, 0.15) is 11.3 Å². The van der Waals surface area contributed by atoms with Gasteiger partial charge in [-0.25, -0.2) is 4.79 Å². The summed E-state index contributed by atoms with van der Waals surface area (Å²) < 4.78 is 11.5. The number of amides is 1. The summed E-state index contributed by atoms with van der Waals surface area (Å²) in [6, 6.07) is 5.26. The first-order valence-corrected chi connectivity index (χ1v) is 11.1. The minimum atomic E-state index is -0.656. The number of fused-ring (bicyclic) bond motifs is 2. The van der Waals surface area contributed by atoms with Crippen molar-refractivity contribution in [2.24, 2.45) is 5.92 Å². The lowest BCUT2D eigenvalue weighted by Crippen LogP contribution is -2.56. The molecule has 1 saturated carbocycles. The molecule has 4 rings (SSSR count). The second-order valence-electron chi connectivity index (χ2n) is 8.85. The van der Waals surface area contributed by atoms with Crippen LogP contribution in [0.15, 0.2) is 27.4 Å². The smallest absolute Gasteiger partial charge is 0.336 e. The van der Waals surface area contributed by atoms with E-state index in [-0.39, 0.29) is 17.5 Å². The van der Waals surface area contributed by atoms with Gasteiger partial charge in [0.15, 0.2) is 6.10 Å². The minimum Gasteiger partial charge on any atom is -0.480 e. The van der Waals surface area contributed by atoms with Crippen molar-refractivity contribution in [1.82, 2.24) is 4.90 Å². The molecule has 1 saturated heterocycles. The predicted octanol–water partition coefficient (Wildman–Crippen LogP) is 3.58. The van der Waals surface area contributed by atoms with E-state index in [9.17, 15) is 14.7 Å². The zero-order chi connectivity index (χ0) is 21.5. The monoisotopic (exact) mass is 413 g/mol. The second kappa shape index (κ2) is 8.06. The Morgan fingerprint density at radius 1 is 1.37 bits per heavy atom. The number of rotatable bonds is 4. The summed E-state index contributed by atoms with van der Waals surface area (Å²) in [5, 5.41) is 11.8. The van der Waals surface area contributed by atoms with E-state index in [0.717, 1.165) is 48.6 Å². The molecule has 1 aromatic heterocycles. The Bertz CT molecular complexity index is 1010. The first-order chi connectivity index (χ1) is 14.3. The average Bonchev–Trinajstić information content (AvgIpc) is 2.74. The Kier molecular flexibility index (Phi) is 5.62.